The van der Waals surface area contributed by atoms with Crippen molar-refractivity contribution < 1.29 is 14.6 Å². The molecule has 2 aromatic rings. The second kappa shape index (κ2) is 14.1. The normalized spacial score (nSPS) is 11.9. The number of hydrogen-bond acceptors (Lipinski definition) is 4. The van der Waals surface area contributed by atoms with Gasteiger partial charge in [0.05, 0.1) is 26.8 Å². The first-order chi connectivity index (χ1) is 13.3. The summed E-state index contributed by atoms with van der Waals surface area (Å²) in [6, 6.07) is 17.5. The molecular weight excluding hydrogens is 469 g/mol. The molecule has 0 spiro atoms. The van der Waals surface area contributed by atoms with Crippen molar-refractivity contribution in [2.24, 2.45) is 4.99 Å². The highest BCUT2D eigenvalue weighted by molar-refractivity contribution is 14.0. The third-order valence-corrected chi connectivity index (χ3v) is 4.01. The molecule has 7 heteroatoms. The highest BCUT2D eigenvalue weighted by atomic mass is 127. The molecule has 2 aromatic carbocycles. The van der Waals surface area contributed by atoms with E-state index in [1.807, 2.05) is 61.5 Å². The van der Waals surface area contributed by atoms with Crippen LogP contribution in [0.4, 0.5) is 0 Å². The van der Waals surface area contributed by atoms with Crippen molar-refractivity contribution in [3.8, 4) is 11.5 Å². The van der Waals surface area contributed by atoms with Crippen molar-refractivity contribution in [3.05, 3.63) is 60.2 Å². The summed E-state index contributed by atoms with van der Waals surface area (Å²) in [5, 5.41) is 16.1. The van der Waals surface area contributed by atoms with Crippen molar-refractivity contribution >= 4 is 29.9 Å². The third-order valence-electron chi connectivity index (χ3n) is 4.01. The second-order valence-electron chi connectivity index (χ2n) is 5.96. The number of rotatable bonds is 10. The molecule has 2 rings (SSSR count). The fraction of sp³-hybridized carbons (Fsp3) is 0.381. The number of halogens is 1. The number of hydrogen-bond donors (Lipinski definition) is 3. The number of benzene rings is 2. The summed E-state index contributed by atoms with van der Waals surface area (Å²) in [5.74, 6) is 2.23. The molecule has 6 nitrogen and oxygen atoms in total. The molecule has 0 aromatic heterocycles. The molecule has 0 fully saturated rings. The molecule has 1 unspecified atom stereocenters. The number of aliphatic hydroxyl groups excluding tert-OH is 1. The number of nitrogens with one attached hydrogen (secondary N) is 2. The first-order valence-corrected chi connectivity index (χ1v) is 9.21. The van der Waals surface area contributed by atoms with Gasteiger partial charge in [0.15, 0.2) is 5.96 Å². The van der Waals surface area contributed by atoms with Crippen LogP contribution in [0.25, 0.3) is 0 Å². The van der Waals surface area contributed by atoms with Gasteiger partial charge in [0.25, 0.3) is 0 Å². The van der Waals surface area contributed by atoms with Gasteiger partial charge in [0.2, 0.25) is 0 Å². The summed E-state index contributed by atoms with van der Waals surface area (Å²) in [5.41, 5.74) is 1.08. The summed E-state index contributed by atoms with van der Waals surface area (Å²) in [7, 11) is 1.63. The number of guanidine groups is 1. The first kappa shape index (κ1) is 24.0. The molecule has 0 bridgehead atoms. The Morgan fingerprint density at radius 1 is 1.07 bits per heavy atom. The van der Waals surface area contributed by atoms with Crippen molar-refractivity contribution in [3.63, 3.8) is 0 Å². The minimum Gasteiger partial charge on any atom is -0.497 e. The third kappa shape index (κ3) is 8.35. The van der Waals surface area contributed by atoms with E-state index in [9.17, 15) is 5.11 Å². The van der Waals surface area contributed by atoms with Gasteiger partial charge in [0.1, 0.15) is 18.1 Å². The Kier molecular flexibility index (Phi) is 12.1. The Morgan fingerprint density at radius 3 is 2.50 bits per heavy atom. The average Bonchev–Trinajstić information content (AvgIpc) is 2.72. The first-order valence-electron chi connectivity index (χ1n) is 9.21. The molecule has 1 atom stereocenters. The fourth-order valence-corrected chi connectivity index (χ4v) is 2.57. The highest BCUT2D eigenvalue weighted by Gasteiger charge is 2.10. The number of nitrogens with zero attached hydrogens (tertiary/aromatic N) is 1. The lowest BCUT2D eigenvalue weighted by atomic mass is 10.0. The smallest absolute Gasteiger partial charge is 0.191 e. The van der Waals surface area contributed by atoms with Crippen LogP contribution in [-0.2, 0) is 0 Å². The predicted molar refractivity (Wildman–Crippen MR) is 124 cm³/mol. The summed E-state index contributed by atoms with van der Waals surface area (Å²) in [6.45, 7) is 4.46. The summed E-state index contributed by atoms with van der Waals surface area (Å²) < 4.78 is 10.9. The summed E-state index contributed by atoms with van der Waals surface area (Å²) in [4.78, 5) is 4.59. The van der Waals surface area contributed by atoms with E-state index in [4.69, 9.17) is 9.47 Å². The van der Waals surface area contributed by atoms with Crippen LogP contribution in [0.1, 0.15) is 18.4 Å². The molecule has 28 heavy (non-hydrogen) atoms. The number of aliphatic imine (C=N–C) groups is 1. The zero-order valence-corrected chi connectivity index (χ0v) is 18.8. The standard InChI is InChI=1S/C21H29N3O3.HI/c1-3-22-21(24-15-18(16-25)17-8-5-4-6-9-17)23-12-13-27-20-11-7-10-19(14-20)26-2;/h4-11,14,18,25H,3,12-13,15-16H2,1-2H3,(H2,22,23,24);1H. The highest BCUT2D eigenvalue weighted by Crippen LogP contribution is 2.18. The van der Waals surface area contributed by atoms with Crippen molar-refractivity contribution in [1.29, 1.82) is 0 Å². The van der Waals surface area contributed by atoms with Gasteiger partial charge in [-0.3, -0.25) is 4.99 Å². The van der Waals surface area contributed by atoms with E-state index < -0.39 is 0 Å². The molecule has 0 saturated carbocycles. The van der Waals surface area contributed by atoms with E-state index in [0.29, 0.717) is 25.7 Å². The van der Waals surface area contributed by atoms with Gasteiger partial charge in [-0.2, -0.15) is 0 Å². The Morgan fingerprint density at radius 2 is 1.82 bits per heavy atom. The molecule has 0 aliphatic heterocycles. The lowest BCUT2D eigenvalue weighted by Crippen LogP contribution is -2.39. The van der Waals surface area contributed by atoms with Crippen LogP contribution >= 0.6 is 24.0 Å². The van der Waals surface area contributed by atoms with Crippen LogP contribution in [0.2, 0.25) is 0 Å². The molecular formula is C21H30IN3O3. The van der Waals surface area contributed by atoms with Gasteiger partial charge < -0.3 is 25.2 Å². The van der Waals surface area contributed by atoms with E-state index in [1.54, 1.807) is 7.11 Å². The molecule has 0 radical (unpaired) electrons. The fourth-order valence-electron chi connectivity index (χ4n) is 2.57. The quantitative estimate of drug-likeness (QED) is 0.203. The van der Waals surface area contributed by atoms with E-state index in [-0.39, 0.29) is 36.5 Å². The predicted octanol–water partition coefficient (Wildman–Crippen LogP) is 3.02. The Bertz CT molecular complexity index is 698. The van der Waals surface area contributed by atoms with Gasteiger partial charge in [-0.05, 0) is 24.6 Å². The molecule has 0 amide bonds. The second-order valence-corrected chi connectivity index (χ2v) is 5.96. The van der Waals surface area contributed by atoms with Gasteiger partial charge in [-0.15, -0.1) is 24.0 Å². The number of aliphatic hydroxyl groups is 1. The van der Waals surface area contributed by atoms with Gasteiger partial charge >= 0.3 is 0 Å². The number of ether oxygens (including phenoxy) is 2. The monoisotopic (exact) mass is 499 g/mol. The maximum atomic E-state index is 9.66. The average molecular weight is 499 g/mol. The van der Waals surface area contributed by atoms with E-state index in [2.05, 4.69) is 15.6 Å². The molecule has 0 heterocycles. The molecule has 0 aliphatic carbocycles. The van der Waals surface area contributed by atoms with Gasteiger partial charge in [-0.1, -0.05) is 36.4 Å². The topological polar surface area (TPSA) is 75.1 Å². The summed E-state index contributed by atoms with van der Waals surface area (Å²) in [6.07, 6.45) is 0. The SMILES string of the molecule is CCNC(=NCC(CO)c1ccccc1)NCCOc1cccc(OC)c1.I. The lowest BCUT2D eigenvalue weighted by molar-refractivity contribution is 0.268. The van der Waals surface area contributed by atoms with Crippen LogP contribution in [0, 0.1) is 0 Å². The lowest BCUT2D eigenvalue weighted by Gasteiger charge is -2.15. The van der Waals surface area contributed by atoms with Crippen LogP contribution in [0.15, 0.2) is 59.6 Å². The Labute approximate surface area is 184 Å². The molecule has 0 saturated heterocycles. The van der Waals surface area contributed by atoms with Crippen LogP contribution in [-0.4, -0.2) is 51.0 Å². The van der Waals surface area contributed by atoms with E-state index in [1.165, 1.54) is 0 Å². The van der Waals surface area contributed by atoms with Crippen LogP contribution < -0.4 is 20.1 Å². The van der Waals surface area contributed by atoms with Crippen molar-refractivity contribution in [2.75, 3.05) is 40.0 Å². The van der Waals surface area contributed by atoms with E-state index >= 15 is 0 Å². The summed E-state index contributed by atoms with van der Waals surface area (Å²) >= 11 is 0. The van der Waals surface area contributed by atoms with Gasteiger partial charge in [0, 0.05) is 18.5 Å². The Hall–Kier alpha value is -2.00. The van der Waals surface area contributed by atoms with Crippen molar-refractivity contribution in [1.82, 2.24) is 10.6 Å². The maximum Gasteiger partial charge on any atom is 0.191 e. The molecule has 3 N–H and O–H groups in total. The maximum absolute atomic E-state index is 9.66. The van der Waals surface area contributed by atoms with Crippen molar-refractivity contribution in [2.45, 2.75) is 12.8 Å². The molecule has 154 valence electrons. The minimum absolute atomic E-state index is 0. The molecule has 0 aliphatic rings. The zero-order chi connectivity index (χ0) is 19.3. The zero-order valence-electron chi connectivity index (χ0n) is 16.4. The van der Waals surface area contributed by atoms with Gasteiger partial charge in [-0.25, -0.2) is 0 Å². The number of methoxy groups -OCH3 is 1. The van der Waals surface area contributed by atoms with E-state index in [0.717, 1.165) is 23.6 Å². The minimum atomic E-state index is -0.0188. The van der Waals surface area contributed by atoms with Crippen LogP contribution in [0.3, 0.4) is 0 Å². The van der Waals surface area contributed by atoms with Crippen LogP contribution in [0.5, 0.6) is 11.5 Å². The largest absolute Gasteiger partial charge is 0.497 e. The Balaban J connectivity index is 0.00000392.